The first-order valence-electron chi connectivity index (χ1n) is 11.6. The summed E-state index contributed by atoms with van der Waals surface area (Å²) < 4.78 is 70.0. The lowest BCUT2D eigenvalue weighted by Crippen LogP contribution is -2.45. The summed E-state index contributed by atoms with van der Waals surface area (Å²) in [6.07, 6.45) is -2.80. The maximum atomic E-state index is 13.6. The fourth-order valence-corrected chi connectivity index (χ4v) is 7.33. The van der Waals surface area contributed by atoms with Gasteiger partial charge in [-0.1, -0.05) is 48.0 Å². The van der Waals surface area contributed by atoms with E-state index < -0.39 is 45.3 Å². The first kappa shape index (κ1) is 27.0. The largest absolute Gasteiger partial charge is 0.423 e. The highest BCUT2D eigenvalue weighted by Crippen LogP contribution is 2.43. The molecule has 1 aliphatic rings. The van der Waals surface area contributed by atoms with E-state index in [0.717, 1.165) is 23.7 Å². The van der Waals surface area contributed by atoms with Crippen molar-refractivity contribution < 1.29 is 31.8 Å². The van der Waals surface area contributed by atoms with Crippen molar-refractivity contribution in [3.8, 4) is 11.3 Å². The topological polar surface area (TPSA) is 99.5 Å². The van der Waals surface area contributed by atoms with Gasteiger partial charge in [0.05, 0.1) is 23.6 Å². The molecule has 2 heterocycles. The lowest BCUT2D eigenvalue weighted by molar-refractivity contribution is -0.277. The minimum absolute atomic E-state index is 0.158. The van der Waals surface area contributed by atoms with E-state index in [2.05, 4.69) is 9.71 Å². The molecule has 3 N–H and O–H groups in total. The van der Waals surface area contributed by atoms with E-state index in [-0.39, 0.29) is 5.69 Å². The van der Waals surface area contributed by atoms with Crippen LogP contribution in [0, 0.1) is 0 Å². The van der Waals surface area contributed by atoms with Crippen molar-refractivity contribution in [3.05, 3.63) is 87.9 Å². The van der Waals surface area contributed by atoms with Gasteiger partial charge in [-0.25, -0.2) is 13.1 Å². The number of hydrogen-bond acceptors (Lipinski definition) is 6. The first-order chi connectivity index (χ1) is 17.9. The maximum Gasteiger partial charge on any atom is 0.423 e. The summed E-state index contributed by atoms with van der Waals surface area (Å²) in [6, 6.07) is 15.3. The smallest absolute Gasteiger partial charge is 0.393 e. The molecule has 38 heavy (non-hydrogen) atoms. The normalized spacial score (nSPS) is 16.9. The van der Waals surface area contributed by atoms with Gasteiger partial charge in [0.1, 0.15) is 0 Å². The Bertz CT molecular complexity index is 1610. The highest BCUT2D eigenvalue weighted by molar-refractivity contribution is 7.90. The van der Waals surface area contributed by atoms with Gasteiger partial charge in [0.25, 0.3) is 0 Å². The molecule has 1 fully saturated rings. The van der Waals surface area contributed by atoms with Crippen LogP contribution in [0.3, 0.4) is 0 Å². The third kappa shape index (κ3) is 4.94. The number of aliphatic hydroxyl groups excluding tert-OH is 1. The Morgan fingerprint density at radius 1 is 1.11 bits per heavy atom. The van der Waals surface area contributed by atoms with Gasteiger partial charge in [-0.3, -0.25) is 4.98 Å². The fraction of sp³-hybridized carbons (Fsp3) is 0.269. The molecular weight excluding hydrogens is 561 g/mol. The van der Waals surface area contributed by atoms with E-state index in [9.17, 15) is 31.8 Å². The maximum absolute atomic E-state index is 13.6. The molecule has 1 aliphatic carbocycles. The quantitative estimate of drug-likeness (QED) is 0.254. The van der Waals surface area contributed by atoms with E-state index in [1.54, 1.807) is 36.4 Å². The Morgan fingerprint density at radius 3 is 2.50 bits per heavy atom. The van der Waals surface area contributed by atoms with Crippen molar-refractivity contribution in [1.29, 1.82) is 0 Å². The molecule has 12 heteroatoms. The highest BCUT2D eigenvalue weighted by atomic mass is 35.5. The molecule has 200 valence electrons. The van der Waals surface area contributed by atoms with Gasteiger partial charge in [0, 0.05) is 26.4 Å². The third-order valence-electron chi connectivity index (χ3n) is 6.52. The summed E-state index contributed by atoms with van der Waals surface area (Å²) >= 11 is 7.72. The van der Waals surface area contributed by atoms with Crippen LogP contribution in [0.4, 0.5) is 13.2 Å². The van der Waals surface area contributed by atoms with Crippen LogP contribution in [0.2, 0.25) is 5.02 Å². The van der Waals surface area contributed by atoms with Crippen LogP contribution in [-0.2, 0) is 15.6 Å². The summed E-state index contributed by atoms with van der Waals surface area (Å²) in [5.41, 5.74) is -2.77. The molecule has 0 aliphatic heterocycles. The minimum Gasteiger partial charge on any atom is -0.393 e. The number of nitrogens with zero attached hydrogens (tertiary/aromatic N) is 1. The zero-order valence-electron chi connectivity index (χ0n) is 19.6. The first-order valence-corrected chi connectivity index (χ1v) is 14.3. The summed E-state index contributed by atoms with van der Waals surface area (Å²) in [6.45, 7) is -1.55. The summed E-state index contributed by atoms with van der Waals surface area (Å²) in [5, 5.41) is 20.3. The van der Waals surface area contributed by atoms with Crippen LogP contribution in [0.5, 0.6) is 0 Å². The molecule has 0 bridgehead atoms. The van der Waals surface area contributed by atoms with Crippen molar-refractivity contribution in [1.82, 2.24) is 9.71 Å². The van der Waals surface area contributed by atoms with E-state index in [0.29, 0.717) is 38.6 Å². The average Bonchev–Trinajstić information content (AvgIpc) is 3.66. The van der Waals surface area contributed by atoms with Crippen molar-refractivity contribution in [2.75, 3.05) is 6.61 Å². The van der Waals surface area contributed by atoms with Gasteiger partial charge in [0.15, 0.2) is 0 Å². The Hall–Kier alpha value is -2.54. The number of aromatic nitrogens is 1. The zero-order valence-corrected chi connectivity index (χ0v) is 22.0. The molecule has 0 spiro atoms. The highest BCUT2D eigenvalue weighted by Gasteiger charge is 2.55. The van der Waals surface area contributed by atoms with Gasteiger partial charge < -0.3 is 10.2 Å². The average molecular weight is 583 g/mol. The number of benzene rings is 2. The summed E-state index contributed by atoms with van der Waals surface area (Å²) in [4.78, 5) is 4.86. The molecule has 5 rings (SSSR count). The summed E-state index contributed by atoms with van der Waals surface area (Å²) in [5.74, 6) is 0. The lowest BCUT2D eigenvalue weighted by atomic mass is 9.93. The number of alkyl halides is 3. The lowest BCUT2D eigenvalue weighted by Gasteiger charge is -2.29. The van der Waals surface area contributed by atoms with Crippen LogP contribution in [0.25, 0.3) is 21.3 Å². The Balaban J connectivity index is 1.62. The van der Waals surface area contributed by atoms with E-state index in [4.69, 9.17) is 11.6 Å². The van der Waals surface area contributed by atoms with Gasteiger partial charge >= 0.3 is 6.18 Å². The van der Waals surface area contributed by atoms with Crippen LogP contribution >= 0.6 is 22.9 Å². The molecule has 0 radical (unpaired) electrons. The number of sulfonamides is 1. The molecular formula is C26H22ClF3N2O4S2. The van der Waals surface area contributed by atoms with Crippen LogP contribution in [0.15, 0.2) is 66.9 Å². The number of fused-ring (bicyclic) bond motifs is 1. The number of nitrogens with one attached hydrogen (secondary N) is 1. The predicted molar refractivity (Wildman–Crippen MR) is 140 cm³/mol. The Morgan fingerprint density at radius 2 is 1.84 bits per heavy atom. The molecule has 6 nitrogen and oxygen atoms in total. The molecule has 0 saturated heterocycles. The number of thiophene rings is 1. The van der Waals surface area contributed by atoms with Gasteiger partial charge in [-0.15, -0.1) is 11.3 Å². The number of pyridine rings is 1. The summed E-state index contributed by atoms with van der Waals surface area (Å²) in [7, 11) is -3.61. The van der Waals surface area contributed by atoms with Crippen LogP contribution < -0.4 is 4.72 Å². The molecule has 2 aromatic carbocycles. The monoisotopic (exact) mass is 582 g/mol. The molecule has 1 saturated carbocycles. The van der Waals surface area contributed by atoms with Crippen molar-refractivity contribution >= 4 is 43.0 Å². The number of halogens is 4. The van der Waals surface area contributed by atoms with Gasteiger partial charge in [-0.2, -0.15) is 13.2 Å². The SMILES string of the molecule is O=S(=O)(NC(c1cc2cccc(-c3cc(C(O)(CO)C(F)(F)F)ccn3)c2s1)c1ccccc1Cl)C1CC1. The standard InChI is InChI=1S/C26H22ClF3N2O4S2/c27-20-7-2-1-5-18(20)23(32-38(35,36)17-8-9-17)22-12-15-4-3-6-19(24(15)37-22)21-13-16(10-11-31-21)25(34,14-33)26(28,29)30/h1-7,10-13,17,23,32-34H,8-9,14H2. The second-order valence-electron chi connectivity index (χ2n) is 9.14. The fourth-order valence-electron chi connectivity index (χ4n) is 4.23. The molecule has 2 aromatic heterocycles. The second-order valence-corrected chi connectivity index (χ2v) is 12.6. The number of hydrogen-bond donors (Lipinski definition) is 3. The van der Waals surface area contributed by atoms with Crippen molar-refractivity contribution in [2.24, 2.45) is 0 Å². The van der Waals surface area contributed by atoms with Crippen LogP contribution in [-0.4, -0.2) is 41.6 Å². The van der Waals surface area contributed by atoms with Crippen molar-refractivity contribution in [2.45, 2.75) is 35.9 Å². The van der Waals surface area contributed by atoms with Crippen molar-refractivity contribution in [3.63, 3.8) is 0 Å². The van der Waals surface area contributed by atoms with Crippen LogP contribution in [0.1, 0.15) is 34.9 Å². The minimum atomic E-state index is -5.11. The Kier molecular flexibility index (Phi) is 7.04. The molecule has 2 atom stereocenters. The second kappa shape index (κ2) is 9.89. The van der Waals surface area contributed by atoms with Gasteiger partial charge in [-0.05, 0) is 53.6 Å². The van der Waals surface area contributed by atoms with Gasteiger partial charge in [0.2, 0.25) is 15.6 Å². The van der Waals surface area contributed by atoms with E-state index in [1.165, 1.54) is 11.3 Å². The molecule has 2 unspecified atom stereocenters. The number of aliphatic hydroxyl groups is 2. The molecule has 0 amide bonds. The predicted octanol–water partition coefficient (Wildman–Crippen LogP) is 5.53. The molecule has 4 aromatic rings. The number of rotatable bonds is 8. The van der Waals surface area contributed by atoms with E-state index >= 15 is 0 Å². The van der Waals surface area contributed by atoms with E-state index in [1.807, 2.05) is 12.1 Å². The Labute approximate surface area is 225 Å². The zero-order chi connectivity index (χ0) is 27.3. The third-order valence-corrected chi connectivity index (χ3v) is 10.0.